The molecule has 0 aliphatic carbocycles. The third-order valence-corrected chi connectivity index (χ3v) is 20.7. The summed E-state index contributed by atoms with van der Waals surface area (Å²) in [6, 6.07) is 54.6. The first-order chi connectivity index (χ1) is 49.4. The van der Waals surface area contributed by atoms with E-state index in [2.05, 4.69) is 102 Å². The molecule has 103 heavy (non-hydrogen) atoms. The highest BCUT2D eigenvalue weighted by atomic mass is 32.2. The molecule has 0 saturated carbocycles. The van der Waals surface area contributed by atoms with Gasteiger partial charge in [0.05, 0.1) is 92.0 Å². The molecule has 4 amide bonds. The van der Waals surface area contributed by atoms with Crippen molar-refractivity contribution in [3.8, 4) is 91.5 Å². The molecule has 0 radical (unpaired) electrons. The minimum atomic E-state index is -0.189. The lowest BCUT2D eigenvalue weighted by Gasteiger charge is -2.23. The average molecular weight is 1400 g/mol. The number of benzene rings is 8. The smallest absolute Gasteiger partial charge is 0.315 e. The van der Waals surface area contributed by atoms with Crippen LogP contribution in [0, 0.1) is 0 Å². The van der Waals surface area contributed by atoms with E-state index in [-0.39, 0.29) is 29.9 Å². The van der Waals surface area contributed by atoms with Gasteiger partial charge in [0.1, 0.15) is 85.6 Å². The Morgan fingerprint density at radius 3 is 1.55 bits per heavy atom. The predicted molar refractivity (Wildman–Crippen MR) is 409 cm³/mol. The number of thioether (sulfide) groups is 1. The SMILES string of the molecule is CN(CCN(C)C(=O)c1ccc(Oc2ccc3c4nc5nc(nc6[nH]c(nc7nc(nc([nH]4)c3c2)-c2c(Oc3cccc([N+](C)(C)C)c3)cccc2-7)c2c(Oc3cccc([N+](C)(C)C)c3)cccc62)-c2c(Oc3cccc([N+](C)(C)C)c3)cccc2-5)cc1)C(=O)CCCC[C@@H]1SC[C@@H]2NC(=O)N[C@@H]21. The molecule has 23 heteroatoms. The summed E-state index contributed by atoms with van der Waals surface area (Å²) >= 11 is 1.88. The number of H-pyrrole nitrogens is 2. The number of hydrogen-bond acceptors (Lipinski definition) is 14. The van der Waals surface area contributed by atoms with Crippen LogP contribution in [0.4, 0.5) is 21.9 Å². The van der Waals surface area contributed by atoms with E-state index >= 15 is 0 Å². The van der Waals surface area contributed by atoms with Crippen molar-refractivity contribution in [2.75, 3.05) is 96.4 Å². The minimum Gasteiger partial charge on any atom is -0.457 e. The molecule has 3 atom stereocenters. The molecule has 522 valence electrons. The van der Waals surface area contributed by atoms with Gasteiger partial charge < -0.3 is 49.3 Å². The van der Waals surface area contributed by atoms with Crippen molar-refractivity contribution in [1.29, 1.82) is 0 Å². The molecule has 3 aromatic heterocycles. The average Bonchev–Trinajstić information content (AvgIpc) is 1.59. The fourth-order valence-electron chi connectivity index (χ4n) is 13.4. The molecule has 2 fully saturated rings. The van der Waals surface area contributed by atoms with E-state index in [4.69, 9.17) is 48.9 Å². The van der Waals surface area contributed by atoms with E-state index in [1.165, 1.54) is 0 Å². The summed E-state index contributed by atoms with van der Waals surface area (Å²) < 4.78 is 29.1. The molecule has 0 spiro atoms. The number of hydrogen-bond donors (Lipinski definition) is 4. The van der Waals surface area contributed by atoms with Crippen LogP contribution in [-0.2, 0) is 4.79 Å². The number of rotatable bonds is 20. The van der Waals surface area contributed by atoms with Gasteiger partial charge in [-0.05, 0) is 110 Å². The van der Waals surface area contributed by atoms with Crippen molar-refractivity contribution in [2.45, 2.75) is 43.0 Å². The molecule has 0 unspecified atom stereocenters. The minimum absolute atomic E-state index is 0.0352. The van der Waals surface area contributed by atoms with E-state index in [1.54, 1.807) is 48.2 Å². The zero-order valence-corrected chi connectivity index (χ0v) is 60.3. The lowest BCUT2D eigenvalue weighted by Crippen LogP contribution is -2.37. The number of urea groups is 1. The maximum absolute atomic E-state index is 13.9. The Bertz CT molecular complexity index is 5370. The molecule has 15 rings (SSSR count). The number of aromatic nitrogens is 8. The molecule has 2 saturated heterocycles. The van der Waals surface area contributed by atoms with Crippen LogP contribution in [0.25, 0.3) is 89.7 Å². The first-order valence-electron chi connectivity index (χ1n) is 34.5. The summed E-state index contributed by atoms with van der Waals surface area (Å²) in [5.74, 6) is 6.59. The van der Waals surface area contributed by atoms with Crippen LogP contribution in [0.5, 0.6) is 46.0 Å². The topological polar surface area (TPSA) is 228 Å². The fourth-order valence-corrected chi connectivity index (χ4v) is 15.0. The largest absolute Gasteiger partial charge is 0.457 e. The lowest BCUT2D eigenvalue weighted by molar-refractivity contribution is -0.130. The van der Waals surface area contributed by atoms with Crippen molar-refractivity contribution in [2.24, 2.45) is 0 Å². The van der Waals surface area contributed by atoms with Crippen LogP contribution in [0.1, 0.15) is 36.0 Å². The molecule has 8 aromatic carbocycles. The van der Waals surface area contributed by atoms with Crippen molar-refractivity contribution in [1.82, 2.24) is 73.8 Å². The summed E-state index contributed by atoms with van der Waals surface area (Å²) in [5.41, 5.74) is 7.95. The first kappa shape index (κ1) is 67.6. The van der Waals surface area contributed by atoms with Crippen molar-refractivity contribution in [3.05, 3.63) is 175 Å². The molecule has 4 N–H and O–H groups in total. The number of ether oxygens (including phenoxy) is 4. The second-order valence-corrected chi connectivity index (χ2v) is 30.5. The Morgan fingerprint density at radius 1 is 0.476 bits per heavy atom. The summed E-state index contributed by atoms with van der Waals surface area (Å²) in [7, 11) is 22.5. The van der Waals surface area contributed by atoms with E-state index in [0.717, 1.165) is 42.1 Å². The second kappa shape index (κ2) is 26.9. The van der Waals surface area contributed by atoms with Gasteiger partial charge in [-0.3, -0.25) is 23.0 Å². The molecule has 11 aromatic rings. The Kier molecular flexibility index (Phi) is 17.7. The van der Waals surface area contributed by atoms with Crippen molar-refractivity contribution in [3.63, 3.8) is 0 Å². The number of carbonyl (C=O) groups excluding carboxylic acids is 3. The number of amides is 4. The van der Waals surface area contributed by atoms with Gasteiger partial charge >= 0.3 is 6.03 Å². The molecule has 7 heterocycles. The van der Waals surface area contributed by atoms with Gasteiger partial charge in [-0.1, -0.05) is 61.0 Å². The highest BCUT2D eigenvalue weighted by Gasteiger charge is 2.42. The van der Waals surface area contributed by atoms with E-state index in [9.17, 15) is 14.4 Å². The van der Waals surface area contributed by atoms with E-state index in [0.29, 0.717) is 179 Å². The monoisotopic (exact) mass is 1400 g/mol. The van der Waals surface area contributed by atoms with E-state index < -0.39 is 0 Å². The van der Waals surface area contributed by atoms with Gasteiger partial charge in [-0.2, -0.15) is 11.8 Å². The first-order valence-corrected chi connectivity index (χ1v) is 35.6. The van der Waals surface area contributed by atoms with Gasteiger partial charge in [0.2, 0.25) is 5.91 Å². The van der Waals surface area contributed by atoms with Crippen molar-refractivity contribution < 1.29 is 33.3 Å². The molecular formula is C80H82N15O7S+3. The third-order valence-electron chi connectivity index (χ3n) is 19.2. The second-order valence-electron chi connectivity index (χ2n) is 29.2. The summed E-state index contributed by atoms with van der Waals surface area (Å²) in [6.07, 6.45) is 3.02. The van der Waals surface area contributed by atoms with Crippen LogP contribution < -0.4 is 43.0 Å². The van der Waals surface area contributed by atoms with Crippen LogP contribution in [0.15, 0.2) is 170 Å². The number of likely N-dealkylation sites (N-methyl/N-ethyl adjacent to an activating group) is 2. The number of aromatic amines is 2. The number of carbonyl (C=O) groups is 3. The molecule has 4 aliphatic rings. The highest BCUT2D eigenvalue weighted by molar-refractivity contribution is 8.00. The number of nitrogens with one attached hydrogen (secondary N) is 4. The van der Waals surface area contributed by atoms with Gasteiger partial charge in [0.15, 0.2) is 23.3 Å². The summed E-state index contributed by atoms with van der Waals surface area (Å²) in [4.78, 5) is 81.9. The fraction of sp³-hybridized carbons (Fsp3) is 0.263. The maximum atomic E-state index is 13.9. The maximum Gasteiger partial charge on any atom is 0.315 e. The Morgan fingerprint density at radius 2 is 0.961 bits per heavy atom. The van der Waals surface area contributed by atoms with E-state index in [1.807, 2.05) is 139 Å². The number of nitrogens with zero attached hydrogens (tertiary/aromatic N) is 11. The molecular weight excluding hydrogens is 1320 g/mol. The molecule has 8 bridgehead atoms. The standard InChI is InChI=1S/C80H81N15O7S/c1-91(66(96)33-13-12-32-65-70-61(46-103-65)81-80(98)82-70)40-41-92(2)79(97)47-34-36-51(37-35-47)99-55-38-39-56-60(45-55)75-84-71(56)83-72-57-26-17-29-62(100-52-23-14-20-48(42-52)93(3,4)5)67(57)76(85-72)86-73-58-27-18-30-63(101-53-24-15-21-49(43-53)94(6,7)8)68(58)77(87-73)88-74-59-28-19-31-64(69(59)78(89-74)90-75)102-54-25-16-22-50(44-54)95(9,10)11/h14-31,34-39,42-45,61,65,70H,12-13,32-33,40-41,46H2,1-11H3,(H3-,81,82,83,84,85,86,87,88,89,90,98)/q+2/p+1/t61-,65-,70-/m0/s1. The predicted octanol–water partition coefficient (Wildman–Crippen LogP) is 14.9. The zero-order chi connectivity index (χ0) is 71.6. The quantitative estimate of drug-likeness (QED) is 0.0316. The normalized spacial score (nSPS) is 15.4. The van der Waals surface area contributed by atoms with Crippen molar-refractivity contribution >= 4 is 90.8 Å². The molecule has 4 aliphatic heterocycles. The Hall–Kier alpha value is -11.2. The zero-order valence-electron chi connectivity index (χ0n) is 59.5. The number of fused-ring (bicyclic) bond motifs is 21. The van der Waals surface area contributed by atoms with Gasteiger partial charge in [0, 0.05) is 95.7 Å². The molecule has 22 nitrogen and oxygen atoms in total. The number of unbranched alkanes of at least 4 members (excludes halogenated alkanes) is 1. The van der Waals surface area contributed by atoms with Crippen LogP contribution in [0.2, 0.25) is 0 Å². The van der Waals surface area contributed by atoms with Gasteiger partial charge in [-0.15, -0.1) is 0 Å². The summed E-state index contributed by atoms with van der Waals surface area (Å²) in [6.45, 7) is 0.736. The lowest BCUT2D eigenvalue weighted by atomic mass is 10.0. The third kappa shape index (κ3) is 13.9. The van der Waals surface area contributed by atoms with Gasteiger partial charge in [-0.25, -0.2) is 34.7 Å². The van der Waals surface area contributed by atoms with Crippen LogP contribution in [0.3, 0.4) is 0 Å². The van der Waals surface area contributed by atoms with Crippen LogP contribution >= 0.6 is 11.8 Å². The highest BCUT2D eigenvalue weighted by Crippen LogP contribution is 2.47. The Labute approximate surface area is 601 Å². The Balaban J connectivity index is 0.821. The number of quaternary nitrogens is 3. The van der Waals surface area contributed by atoms with Crippen LogP contribution in [-0.4, -0.2) is 181 Å². The van der Waals surface area contributed by atoms with Gasteiger partial charge in [0.25, 0.3) is 5.91 Å². The summed E-state index contributed by atoms with van der Waals surface area (Å²) in [5, 5.41) is 9.11.